The molecular formula is C24H22N4O3S. The van der Waals surface area contributed by atoms with Crippen molar-refractivity contribution in [3.05, 3.63) is 78.9 Å². The Hall–Kier alpha value is -3.78. The first kappa shape index (κ1) is 21.5. The predicted molar refractivity (Wildman–Crippen MR) is 125 cm³/mol. The highest BCUT2D eigenvalue weighted by atomic mass is 32.2. The lowest BCUT2D eigenvalue weighted by Gasteiger charge is -2.08. The van der Waals surface area contributed by atoms with E-state index in [1.807, 2.05) is 90.5 Å². The Morgan fingerprint density at radius 1 is 0.938 bits per heavy atom. The zero-order valence-corrected chi connectivity index (χ0v) is 18.5. The van der Waals surface area contributed by atoms with Gasteiger partial charge in [-0.15, -0.1) is 10.2 Å². The Morgan fingerprint density at radius 3 is 2.41 bits per heavy atom. The number of nitrogens with zero attached hydrogens (tertiary/aromatic N) is 3. The first-order valence-electron chi connectivity index (χ1n) is 9.92. The average Bonchev–Trinajstić information content (AvgIpc) is 3.20. The van der Waals surface area contributed by atoms with Crippen molar-refractivity contribution in [2.75, 3.05) is 18.2 Å². The summed E-state index contributed by atoms with van der Waals surface area (Å²) in [6, 6.07) is 24.4. The van der Waals surface area contributed by atoms with E-state index < -0.39 is 0 Å². The van der Waals surface area contributed by atoms with Crippen molar-refractivity contribution in [1.29, 1.82) is 0 Å². The van der Waals surface area contributed by atoms with Crippen molar-refractivity contribution in [2.45, 2.75) is 5.16 Å². The van der Waals surface area contributed by atoms with Crippen LogP contribution in [0.2, 0.25) is 0 Å². The van der Waals surface area contributed by atoms with Gasteiger partial charge in [-0.1, -0.05) is 42.1 Å². The van der Waals surface area contributed by atoms with Crippen LogP contribution in [0.3, 0.4) is 0 Å². The van der Waals surface area contributed by atoms with Gasteiger partial charge in [0.2, 0.25) is 5.91 Å². The molecule has 0 spiro atoms. The molecule has 0 fully saturated rings. The summed E-state index contributed by atoms with van der Waals surface area (Å²) in [5, 5.41) is 12.0. The van der Waals surface area contributed by atoms with Crippen LogP contribution >= 0.6 is 11.8 Å². The van der Waals surface area contributed by atoms with Crippen molar-refractivity contribution in [3.8, 4) is 28.6 Å². The van der Waals surface area contributed by atoms with E-state index in [2.05, 4.69) is 15.5 Å². The number of methoxy groups -OCH3 is 1. The molecule has 0 saturated carbocycles. The molecule has 0 aliphatic heterocycles. The highest BCUT2D eigenvalue weighted by molar-refractivity contribution is 7.99. The number of nitrogens with one attached hydrogen (secondary N) is 1. The molecule has 4 rings (SSSR count). The van der Waals surface area contributed by atoms with Gasteiger partial charge in [0.15, 0.2) is 11.0 Å². The number of thioether (sulfide) groups is 1. The van der Waals surface area contributed by atoms with E-state index in [0.717, 1.165) is 17.1 Å². The molecule has 1 aromatic heterocycles. The summed E-state index contributed by atoms with van der Waals surface area (Å²) in [6.45, 7) is 0. The number of aromatic nitrogens is 3. The largest absolute Gasteiger partial charge is 0.497 e. The number of anilines is 1. The lowest BCUT2D eigenvalue weighted by atomic mass is 10.2. The second kappa shape index (κ2) is 10.0. The maximum absolute atomic E-state index is 12.4. The molecule has 0 unspecified atom stereocenters. The Balaban J connectivity index is 1.33. The number of rotatable bonds is 8. The quantitative estimate of drug-likeness (QED) is 0.383. The van der Waals surface area contributed by atoms with E-state index >= 15 is 0 Å². The molecule has 4 aromatic rings. The molecule has 0 radical (unpaired) electrons. The fourth-order valence-electron chi connectivity index (χ4n) is 3.01. The van der Waals surface area contributed by atoms with Gasteiger partial charge in [-0.2, -0.15) is 0 Å². The van der Waals surface area contributed by atoms with Crippen molar-refractivity contribution in [3.63, 3.8) is 0 Å². The molecular weight excluding hydrogens is 424 g/mol. The summed E-state index contributed by atoms with van der Waals surface area (Å²) < 4.78 is 12.9. The molecule has 162 valence electrons. The molecule has 7 nitrogen and oxygen atoms in total. The van der Waals surface area contributed by atoms with Crippen molar-refractivity contribution >= 4 is 23.4 Å². The number of hydrogen-bond acceptors (Lipinski definition) is 6. The van der Waals surface area contributed by atoms with E-state index in [1.165, 1.54) is 11.8 Å². The van der Waals surface area contributed by atoms with E-state index in [1.54, 1.807) is 7.11 Å². The summed E-state index contributed by atoms with van der Waals surface area (Å²) >= 11 is 1.33. The summed E-state index contributed by atoms with van der Waals surface area (Å²) in [5.74, 6) is 3.01. The highest BCUT2D eigenvalue weighted by Gasteiger charge is 2.13. The standard InChI is InChI=1S/C24H22N4O3S/c1-28-23(17-7-6-10-21(15-17)30-2)26-27-24(28)32-16-22(29)25-18-11-13-20(14-12-18)31-19-8-4-3-5-9-19/h3-15H,16H2,1-2H3,(H,25,29). The average molecular weight is 447 g/mol. The van der Waals surface area contributed by atoms with Crippen LogP contribution < -0.4 is 14.8 Å². The van der Waals surface area contributed by atoms with Gasteiger partial charge in [-0.3, -0.25) is 4.79 Å². The molecule has 8 heteroatoms. The van der Waals surface area contributed by atoms with Crippen LogP contribution in [-0.4, -0.2) is 33.5 Å². The molecule has 0 saturated heterocycles. The summed E-state index contributed by atoms with van der Waals surface area (Å²) in [4.78, 5) is 12.4. The summed E-state index contributed by atoms with van der Waals surface area (Å²) in [6.07, 6.45) is 0. The minimum atomic E-state index is -0.127. The minimum absolute atomic E-state index is 0.127. The van der Waals surface area contributed by atoms with Crippen LogP contribution in [0.25, 0.3) is 11.4 Å². The van der Waals surface area contributed by atoms with Gasteiger partial charge < -0.3 is 19.4 Å². The predicted octanol–water partition coefficient (Wildman–Crippen LogP) is 5.01. The number of benzene rings is 3. The van der Waals surface area contributed by atoms with E-state index in [0.29, 0.717) is 22.4 Å². The van der Waals surface area contributed by atoms with Crippen LogP contribution in [0.1, 0.15) is 0 Å². The molecule has 0 bridgehead atoms. The van der Waals surface area contributed by atoms with Crippen molar-refractivity contribution in [2.24, 2.45) is 7.05 Å². The number of hydrogen-bond donors (Lipinski definition) is 1. The van der Waals surface area contributed by atoms with Crippen molar-refractivity contribution < 1.29 is 14.3 Å². The highest BCUT2D eigenvalue weighted by Crippen LogP contribution is 2.26. The normalized spacial score (nSPS) is 10.6. The Labute approximate surface area is 190 Å². The first-order valence-corrected chi connectivity index (χ1v) is 10.9. The van der Waals surface area contributed by atoms with Gasteiger partial charge in [-0.05, 0) is 48.5 Å². The maximum atomic E-state index is 12.4. The number of carbonyl (C=O) groups excluding carboxylic acids is 1. The molecule has 0 aliphatic carbocycles. The first-order chi connectivity index (χ1) is 15.6. The Morgan fingerprint density at radius 2 is 1.66 bits per heavy atom. The van der Waals surface area contributed by atoms with Gasteiger partial charge in [0.05, 0.1) is 12.9 Å². The van der Waals surface area contributed by atoms with Gasteiger partial charge in [0.1, 0.15) is 17.2 Å². The molecule has 1 heterocycles. The van der Waals surface area contributed by atoms with Crippen LogP contribution in [0.4, 0.5) is 5.69 Å². The topological polar surface area (TPSA) is 78.3 Å². The maximum Gasteiger partial charge on any atom is 0.234 e. The van der Waals surface area contributed by atoms with E-state index in [9.17, 15) is 4.79 Å². The fraction of sp³-hybridized carbons (Fsp3) is 0.125. The molecule has 1 N–H and O–H groups in total. The van der Waals surface area contributed by atoms with Crippen LogP contribution in [0.5, 0.6) is 17.2 Å². The monoisotopic (exact) mass is 446 g/mol. The SMILES string of the molecule is COc1cccc(-c2nnc(SCC(=O)Nc3ccc(Oc4ccccc4)cc3)n2C)c1. The van der Waals surface area contributed by atoms with Crippen LogP contribution in [-0.2, 0) is 11.8 Å². The lowest BCUT2D eigenvalue weighted by Crippen LogP contribution is -2.14. The number of para-hydroxylation sites is 1. The second-order valence-corrected chi connectivity index (χ2v) is 7.82. The number of amides is 1. The lowest BCUT2D eigenvalue weighted by molar-refractivity contribution is -0.113. The van der Waals surface area contributed by atoms with Gasteiger partial charge >= 0.3 is 0 Å². The molecule has 32 heavy (non-hydrogen) atoms. The third-order valence-corrected chi connectivity index (χ3v) is 5.63. The second-order valence-electron chi connectivity index (χ2n) is 6.87. The zero-order chi connectivity index (χ0) is 22.3. The summed E-state index contributed by atoms with van der Waals surface area (Å²) in [7, 11) is 3.50. The van der Waals surface area contributed by atoms with E-state index in [-0.39, 0.29) is 11.7 Å². The molecule has 3 aromatic carbocycles. The third-order valence-electron chi connectivity index (χ3n) is 4.61. The summed E-state index contributed by atoms with van der Waals surface area (Å²) in [5.41, 5.74) is 1.60. The smallest absolute Gasteiger partial charge is 0.234 e. The fourth-order valence-corrected chi connectivity index (χ4v) is 3.72. The number of ether oxygens (including phenoxy) is 2. The zero-order valence-electron chi connectivity index (χ0n) is 17.7. The van der Waals surface area contributed by atoms with Crippen LogP contribution in [0, 0.1) is 0 Å². The number of carbonyl (C=O) groups is 1. The Bertz CT molecular complexity index is 1190. The van der Waals surface area contributed by atoms with Gasteiger partial charge in [0.25, 0.3) is 0 Å². The minimum Gasteiger partial charge on any atom is -0.497 e. The molecule has 1 amide bonds. The van der Waals surface area contributed by atoms with Gasteiger partial charge in [0, 0.05) is 18.3 Å². The Kier molecular flexibility index (Phi) is 6.72. The third kappa shape index (κ3) is 5.28. The molecule has 0 atom stereocenters. The molecule has 0 aliphatic rings. The van der Waals surface area contributed by atoms with E-state index in [4.69, 9.17) is 9.47 Å². The van der Waals surface area contributed by atoms with Crippen molar-refractivity contribution in [1.82, 2.24) is 14.8 Å². The van der Waals surface area contributed by atoms with Crippen LogP contribution in [0.15, 0.2) is 84.0 Å². The van der Waals surface area contributed by atoms with Gasteiger partial charge in [-0.25, -0.2) is 0 Å².